The summed E-state index contributed by atoms with van der Waals surface area (Å²) in [5.41, 5.74) is 5.21. The van der Waals surface area contributed by atoms with Gasteiger partial charge in [0.05, 0.1) is 4.99 Å². The van der Waals surface area contributed by atoms with Gasteiger partial charge in [0.2, 0.25) is 0 Å². The van der Waals surface area contributed by atoms with Crippen LogP contribution in [0.1, 0.15) is 19.3 Å². The second-order valence-electron chi connectivity index (χ2n) is 3.01. The summed E-state index contributed by atoms with van der Waals surface area (Å²) in [6.45, 7) is 0.261. The topological polar surface area (TPSA) is 84.2 Å². The molecule has 4 N–H and O–H groups in total. The number of rotatable bonds is 6. The van der Waals surface area contributed by atoms with Crippen LogP contribution in [0.15, 0.2) is 0 Å². The van der Waals surface area contributed by atoms with Crippen LogP contribution in [0.5, 0.6) is 0 Å². The molecule has 1 fully saturated rings. The highest BCUT2D eigenvalue weighted by molar-refractivity contribution is 7.87. The van der Waals surface area contributed by atoms with E-state index in [1.807, 2.05) is 0 Å². The molecule has 0 aromatic heterocycles. The SMILES string of the molecule is NC(=S)CCNS(=O)(=O)NC1CC1. The molecule has 1 rings (SSSR count). The Hall–Kier alpha value is -0.240. The standard InChI is InChI=1S/C6H13N3O2S2/c7-6(12)3-4-8-13(10,11)9-5-1-2-5/h5,8-9H,1-4H2,(H2,7,12). The van der Waals surface area contributed by atoms with Gasteiger partial charge in [-0.15, -0.1) is 0 Å². The minimum atomic E-state index is -3.33. The van der Waals surface area contributed by atoms with E-state index in [2.05, 4.69) is 21.7 Å². The maximum absolute atomic E-state index is 11.2. The minimum Gasteiger partial charge on any atom is -0.393 e. The van der Waals surface area contributed by atoms with E-state index in [1.54, 1.807) is 0 Å². The summed E-state index contributed by atoms with van der Waals surface area (Å²) in [6.07, 6.45) is 2.24. The number of thiocarbonyl (C=S) groups is 1. The van der Waals surface area contributed by atoms with Gasteiger partial charge in [0.15, 0.2) is 0 Å². The predicted molar refractivity (Wildman–Crippen MR) is 54.5 cm³/mol. The summed E-state index contributed by atoms with van der Waals surface area (Å²) >= 11 is 4.61. The van der Waals surface area contributed by atoms with Crippen LogP contribution in [0.2, 0.25) is 0 Å². The van der Waals surface area contributed by atoms with Gasteiger partial charge in [-0.05, 0) is 12.8 Å². The van der Waals surface area contributed by atoms with E-state index < -0.39 is 10.2 Å². The highest BCUT2D eigenvalue weighted by atomic mass is 32.2. The minimum absolute atomic E-state index is 0.127. The first-order chi connectivity index (χ1) is 5.99. The fraction of sp³-hybridized carbons (Fsp3) is 0.833. The third-order valence-corrected chi connectivity index (χ3v) is 2.99. The molecule has 0 spiro atoms. The third kappa shape index (κ3) is 5.14. The maximum Gasteiger partial charge on any atom is 0.277 e. The largest absolute Gasteiger partial charge is 0.393 e. The highest BCUT2D eigenvalue weighted by Gasteiger charge is 2.26. The Balaban J connectivity index is 2.21. The van der Waals surface area contributed by atoms with E-state index >= 15 is 0 Å². The molecule has 1 aliphatic rings. The normalized spacial score (nSPS) is 17.2. The Morgan fingerprint density at radius 2 is 2.15 bits per heavy atom. The van der Waals surface area contributed by atoms with Crippen molar-refractivity contribution in [2.45, 2.75) is 25.3 Å². The van der Waals surface area contributed by atoms with Crippen molar-refractivity contribution < 1.29 is 8.42 Å². The van der Waals surface area contributed by atoms with E-state index in [1.165, 1.54) is 0 Å². The van der Waals surface area contributed by atoms with Gasteiger partial charge < -0.3 is 5.73 Å². The first kappa shape index (κ1) is 10.8. The predicted octanol–water partition coefficient (Wildman–Crippen LogP) is -0.751. The van der Waals surface area contributed by atoms with E-state index in [0.717, 1.165) is 12.8 Å². The van der Waals surface area contributed by atoms with Crippen molar-refractivity contribution in [3.63, 3.8) is 0 Å². The lowest BCUT2D eigenvalue weighted by Gasteiger charge is -2.05. The maximum atomic E-state index is 11.2. The van der Waals surface area contributed by atoms with Crippen molar-refractivity contribution in [1.82, 2.24) is 9.44 Å². The van der Waals surface area contributed by atoms with Crippen LogP contribution in [-0.2, 0) is 10.2 Å². The van der Waals surface area contributed by atoms with Gasteiger partial charge in [0, 0.05) is 19.0 Å². The summed E-state index contributed by atoms with van der Waals surface area (Å²) in [7, 11) is -3.33. The number of hydrogen-bond acceptors (Lipinski definition) is 3. The molecule has 76 valence electrons. The van der Waals surface area contributed by atoms with Crippen LogP contribution in [-0.4, -0.2) is 26.0 Å². The lowest BCUT2D eigenvalue weighted by Crippen LogP contribution is -2.39. The third-order valence-electron chi connectivity index (χ3n) is 1.56. The molecule has 7 heteroatoms. The second kappa shape index (κ2) is 4.32. The summed E-state index contributed by atoms with van der Waals surface area (Å²) < 4.78 is 27.1. The molecule has 0 saturated heterocycles. The van der Waals surface area contributed by atoms with Gasteiger partial charge in [-0.2, -0.15) is 13.1 Å². The zero-order valence-electron chi connectivity index (χ0n) is 7.12. The first-order valence-corrected chi connectivity index (χ1v) is 5.94. The summed E-state index contributed by atoms with van der Waals surface area (Å²) in [5, 5.41) is 0. The Kier molecular flexibility index (Phi) is 3.60. The average Bonchev–Trinajstić information content (AvgIpc) is 2.68. The molecule has 5 nitrogen and oxygen atoms in total. The average molecular weight is 223 g/mol. The van der Waals surface area contributed by atoms with Gasteiger partial charge in [-0.25, -0.2) is 4.72 Å². The van der Waals surface area contributed by atoms with Crippen LogP contribution in [0.4, 0.5) is 0 Å². The Labute approximate surface area is 83.3 Å². The van der Waals surface area contributed by atoms with Crippen molar-refractivity contribution in [3.05, 3.63) is 0 Å². The van der Waals surface area contributed by atoms with Crippen LogP contribution < -0.4 is 15.2 Å². The molecule has 0 aromatic rings. The Morgan fingerprint density at radius 1 is 1.54 bits per heavy atom. The fourth-order valence-electron chi connectivity index (χ4n) is 0.771. The summed E-state index contributed by atoms with van der Waals surface area (Å²) in [6, 6.07) is 0.127. The monoisotopic (exact) mass is 223 g/mol. The summed E-state index contributed by atoms with van der Waals surface area (Å²) in [5.74, 6) is 0. The Bertz CT molecular complexity index is 284. The molecular weight excluding hydrogens is 210 g/mol. The van der Waals surface area contributed by atoms with Crippen LogP contribution in [0.3, 0.4) is 0 Å². The lowest BCUT2D eigenvalue weighted by molar-refractivity contribution is 0.567. The molecule has 0 aliphatic heterocycles. The van der Waals surface area contributed by atoms with Crippen LogP contribution in [0, 0.1) is 0 Å². The quantitative estimate of drug-likeness (QED) is 0.517. The molecule has 0 radical (unpaired) electrons. The molecular formula is C6H13N3O2S2. The smallest absolute Gasteiger partial charge is 0.277 e. The van der Waals surface area contributed by atoms with Crippen molar-refractivity contribution >= 4 is 27.4 Å². The fourth-order valence-corrected chi connectivity index (χ4v) is 2.00. The van der Waals surface area contributed by atoms with Crippen molar-refractivity contribution in [3.8, 4) is 0 Å². The van der Waals surface area contributed by atoms with Crippen LogP contribution in [0.25, 0.3) is 0 Å². The van der Waals surface area contributed by atoms with Gasteiger partial charge >= 0.3 is 0 Å². The lowest BCUT2D eigenvalue weighted by atomic mass is 10.4. The highest BCUT2D eigenvalue weighted by Crippen LogP contribution is 2.19. The molecule has 0 atom stereocenters. The van der Waals surface area contributed by atoms with Gasteiger partial charge in [-0.1, -0.05) is 12.2 Å². The zero-order valence-corrected chi connectivity index (χ0v) is 8.75. The van der Waals surface area contributed by atoms with Gasteiger partial charge in [-0.3, -0.25) is 0 Å². The van der Waals surface area contributed by atoms with E-state index in [9.17, 15) is 8.42 Å². The zero-order chi connectivity index (χ0) is 9.90. The number of nitrogens with two attached hydrogens (primary N) is 1. The molecule has 13 heavy (non-hydrogen) atoms. The second-order valence-corrected chi connectivity index (χ2v) is 5.06. The number of nitrogens with one attached hydrogen (secondary N) is 2. The van der Waals surface area contributed by atoms with Crippen LogP contribution >= 0.6 is 12.2 Å². The molecule has 0 amide bonds. The van der Waals surface area contributed by atoms with E-state index in [-0.39, 0.29) is 12.6 Å². The molecule has 1 saturated carbocycles. The van der Waals surface area contributed by atoms with Crippen molar-refractivity contribution in [1.29, 1.82) is 0 Å². The molecule has 1 aliphatic carbocycles. The molecule has 0 unspecified atom stereocenters. The molecule has 0 heterocycles. The van der Waals surface area contributed by atoms with E-state index in [4.69, 9.17) is 5.73 Å². The first-order valence-electron chi connectivity index (χ1n) is 4.05. The Morgan fingerprint density at radius 3 is 2.62 bits per heavy atom. The van der Waals surface area contributed by atoms with Gasteiger partial charge in [0.1, 0.15) is 0 Å². The van der Waals surface area contributed by atoms with Crippen molar-refractivity contribution in [2.75, 3.05) is 6.54 Å². The van der Waals surface area contributed by atoms with Gasteiger partial charge in [0.25, 0.3) is 10.2 Å². The summed E-state index contributed by atoms with van der Waals surface area (Å²) in [4.78, 5) is 0.314. The number of hydrogen-bond donors (Lipinski definition) is 3. The molecule has 0 aromatic carbocycles. The van der Waals surface area contributed by atoms with Crippen molar-refractivity contribution in [2.24, 2.45) is 5.73 Å². The van der Waals surface area contributed by atoms with E-state index in [0.29, 0.717) is 11.4 Å². The molecule has 0 bridgehead atoms.